The molecule has 1 unspecified atom stereocenters. The molecular formula is C15H19FN2O. The monoisotopic (exact) mass is 262 g/mol. The molecule has 0 saturated heterocycles. The van der Waals surface area contributed by atoms with Gasteiger partial charge in [-0.15, -0.1) is 0 Å². The van der Waals surface area contributed by atoms with Gasteiger partial charge in [-0.05, 0) is 43.5 Å². The molecule has 4 heteroatoms. The molecule has 0 fully saturated rings. The van der Waals surface area contributed by atoms with Crippen LogP contribution in [0, 0.1) is 12.7 Å². The summed E-state index contributed by atoms with van der Waals surface area (Å²) >= 11 is 0. The largest absolute Gasteiger partial charge is 0.389 e. The van der Waals surface area contributed by atoms with Crippen LogP contribution in [0.5, 0.6) is 0 Å². The van der Waals surface area contributed by atoms with E-state index in [1.54, 1.807) is 24.6 Å². The summed E-state index contributed by atoms with van der Waals surface area (Å²) in [6, 6.07) is 5.04. The minimum atomic E-state index is -0.739. The first-order valence-corrected chi connectivity index (χ1v) is 6.44. The molecule has 0 aliphatic heterocycles. The summed E-state index contributed by atoms with van der Waals surface area (Å²) in [5, 5.41) is 14.3. The molecule has 1 N–H and O–H groups in total. The van der Waals surface area contributed by atoms with Crippen LogP contribution in [-0.2, 0) is 0 Å². The normalized spacial score (nSPS) is 13.0. The Morgan fingerprint density at radius 3 is 2.47 bits per heavy atom. The van der Waals surface area contributed by atoms with Gasteiger partial charge >= 0.3 is 0 Å². The molecule has 0 radical (unpaired) electrons. The Kier molecular flexibility index (Phi) is 3.71. The first kappa shape index (κ1) is 13.7. The van der Waals surface area contributed by atoms with Crippen LogP contribution < -0.4 is 0 Å². The van der Waals surface area contributed by atoms with Crippen molar-refractivity contribution >= 4 is 0 Å². The number of benzene rings is 1. The topological polar surface area (TPSA) is 38.0 Å². The summed E-state index contributed by atoms with van der Waals surface area (Å²) in [5.74, 6) is 0.0219. The number of aliphatic hydroxyl groups excluding tert-OH is 1. The number of aromatic nitrogens is 2. The average molecular weight is 262 g/mol. The molecule has 2 aromatic rings. The van der Waals surface area contributed by atoms with Gasteiger partial charge in [0.15, 0.2) is 0 Å². The third-order valence-electron chi connectivity index (χ3n) is 3.21. The molecule has 1 aromatic carbocycles. The quantitative estimate of drug-likeness (QED) is 0.919. The van der Waals surface area contributed by atoms with Crippen LogP contribution in [0.1, 0.15) is 49.6 Å². The van der Waals surface area contributed by atoms with Crippen molar-refractivity contribution in [2.75, 3.05) is 0 Å². The second kappa shape index (κ2) is 5.13. The molecule has 0 aliphatic carbocycles. The summed E-state index contributed by atoms with van der Waals surface area (Å²) in [5.41, 5.74) is 2.78. The van der Waals surface area contributed by atoms with Crippen molar-refractivity contribution in [2.45, 2.75) is 39.7 Å². The van der Waals surface area contributed by atoms with Crippen molar-refractivity contribution in [3.63, 3.8) is 0 Å². The SMILES string of the molecule is Cc1cc(-n2ccc(C(C)C)n2)c(C(C)O)cc1F. The fraction of sp³-hybridized carbons (Fsp3) is 0.400. The molecule has 0 saturated carbocycles. The van der Waals surface area contributed by atoms with Gasteiger partial charge in [-0.2, -0.15) is 5.10 Å². The maximum atomic E-state index is 13.6. The number of halogens is 1. The van der Waals surface area contributed by atoms with E-state index in [0.29, 0.717) is 17.0 Å². The van der Waals surface area contributed by atoms with Gasteiger partial charge in [0, 0.05) is 11.8 Å². The van der Waals surface area contributed by atoms with Gasteiger partial charge in [0.2, 0.25) is 0 Å². The highest BCUT2D eigenvalue weighted by molar-refractivity contribution is 5.45. The summed E-state index contributed by atoms with van der Waals surface area (Å²) in [6.45, 7) is 7.47. The predicted molar refractivity (Wildman–Crippen MR) is 73.0 cm³/mol. The van der Waals surface area contributed by atoms with E-state index in [1.807, 2.05) is 12.3 Å². The van der Waals surface area contributed by atoms with Crippen molar-refractivity contribution in [1.29, 1.82) is 0 Å². The molecule has 0 aliphatic rings. The lowest BCUT2D eigenvalue weighted by atomic mass is 10.1. The van der Waals surface area contributed by atoms with E-state index in [0.717, 1.165) is 11.4 Å². The first-order chi connectivity index (χ1) is 8.90. The Labute approximate surface area is 112 Å². The van der Waals surface area contributed by atoms with Crippen molar-refractivity contribution in [1.82, 2.24) is 9.78 Å². The highest BCUT2D eigenvalue weighted by atomic mass is 19.1. The van der Waals surface area contributed by atoms with E-state index in [-0.39, 0.29) is 5.82 Å². The van der Waals surface area contributed by atoms with Crippen LogP contribution in [0.2, 0.25) is 0 Å². The Bertz CT molecular complexity index is 588. The first-order valence-electron chi connectivity index (χ1n) is 6.44. The second-order valence-electron chi connectivity index (χ2n) is 5.18. The fourth-order valence-electron chi connectivity index (χ4n) is 1.99. The minimum Gasteiger partial charge on any atom is -0.389 e. The predicted octanol–water partition coefficient (Wildman–Crippen LogP) is 3.50. The van der Waals surface area contributed by atoms with Gasteiger partial charge in [-0.25, -0.2) is 9.07 Å². The van der Waals surface area contributed by atoms with Crippen LogP contribution in [0.25, 0.3) is 5.69 Å². The maximum Gasteiger partial charge on any atom is 0.126 e. The second-order valence-corrected chi connectivity index (χ2v) is 5.18. The lowest BCUT2D eigenvalue weighted by Crippen LogP contribution is -2.06. The zero-order valence-electron chi connectivity index (χ0n) is 11.7. The molecule has 1 atom stereocenters. The summed E-state index contributed by atoms with van der Waals surface area (Å²) in [4.78, 5) is 0. The van der Waals surface area contributed by atoms with E-state index in [1.165, 1.54) is 6.07 Å². The number of aliphatic hydroxyl groups is 1. The van der Waals surface area contributed by atoms with Gasteiger partial charge in [-0.3, -0.25) is 0 Å². The molecule has 0 spiro atoms. The van der Waals surface area contributed by atoms with Crippen LogP contribution >= 0.6 is 0 Å². The van der Waals surface area contributed by atoms with Crippen LogP contribution in [0.3, 0.4) is 0 Å². The third kappa shape index (κ3) is 2.68. The van der Waals surface area contributed by atoms with E-state index >= 15 is 0 Å². The summed E-state index contributed by atoms with van der Waals surface area (Å²) in [7, 11) is 0. The summed E-state index contributed by atoms with van der Waals surface area (Å²) in [6.07, 6.45) is 1.10. The van der Waals surface area contributed by atoms with Gasteiger partial charge in [0.1, 0.15) is 5.82 Å². The molecule has 19 heavy (non-hydrogen) atoms. The van der Waals surface area contributed by atoms with Gasteiger partial charge in [-0.1, -0.05) is 13.8 Å². The molecule has 1 aromatic heterocycles. The van der Waals surface area contributed by atoms with Crippen molar-refractivity contribution in [3.8, 4) is 5.69 Å². The van der Waals surface area contributed by atoms with E-state index < -0.39 is 6.10 Å². The van der Waals surface area contributed by atoms with Gasteiger partial charge in [0.05, 0.1) is 17.5 Å². The summed E-state index contributed by atoms with van der Waals surface area (Å²) < 4.78 is 15.3. The molecule has 0 amide bonds. The van der Waals surface area contributed by atoms with E-state index in [9.17, 15) is 9.50 Å². The van der Waals surface area contributed by atoms with Crippen molar-refractivity contribution < 1.29 is 9.50 Å². The fourth-order valence-corrected chi connectivity index (χ4v) is 1.99. The highest BCUT2D eigenvalue weighted by Crippen LogP contribution is 2.25. The molecule has 1 heterocycles. The zero-order valence-corrected chi connectivity index (χ0v) is 11.7. The Morgan fingerprint density at radius 1 is 1.26 bits per heavy atom. The number of hydrogen-bond acceptors (Lipinski definition) is 2. The van der Waals surface area contributed by atoms with Gasteiger partial charge in [0.25, 0.3) is 0 Å². The molecule has 0 bridgehead atoms. The lowest BCUT2D eigenvalue weighted by molar-refractivity contribution is 0.198. The number of rotatable bonds is 3. The zero-order chi connectivity index (χ0) is 14.2. The molecule has 102 valence electrons. The third-order valence-corrected chi connectivity index (χ3v) is 3.21. The number of aryl methyl sites for hydroxylation is 1. The Morgan fingerprint density at radius 2 is 1.95 bits per heavy atom. The highest BCUT2D eigenvalue weighted by Gasteiger charge is 2.14. The maximum absolute atomic E-state index is 13.6. The van der Waals surface area contributed by atoms with Crippen LogP contribution in [-0.4, -0.2) is 14.9 Å². The van der Waals surface area contributed by atoms with E-state index in [2.05, 4.69) is 18.9 Å². The molecule has 2 rings (SSSR count). The Balaban J connectivity index is 2.56. The van der Waals surface area contributed by atoms with Crippen molar-refractivity contribution in [3.05, 3.63) is 47.0 Å². The average Bonchev–Trinajstić information content (AvgIpc) is 2.81. The number of nitrogens with zero attached hydrogens (tertiary/aromatic N) is 2. The lowest BCUT2D eigenvalue weighted by Gasteiger charge is -2.14. The van der Waals surface area contributed by atoms with Gasteiger partial charge < -0.3 is 5.11 Å². The van der Waals surface area contributed by atoms with Crippen LogP contribution in [0.15, 0.2) is 24.4 Å². The van der Waals surface area contributed by atoms with Crippen molar-refractivity contribution in [2.24, 2.45) is 0 Å². The van der Waals surface area contributed by atoms with Crippen LogP contribution in [0.4, 0.5) is 4.39 Å². The number of hydrogen-bond donors (Lipinski definition) is 1. The molecule has 3 nitrogen and oxygen atoms in total. The minimum absolute atomic E-state index is 0.309. The van der Waals surface area contributed by atoms with E-state index in [4.69, 9.17) is 0 Å². The standard InChI is InChI=1S/C15H19FN2O/c1-9(2)14-5-6-18(17-14)15-7-10(3)13(16)8-12(15)11(4)19/h5-9,11,19H,1-4H3. The smallest absolute Gasteiger partial charge is 0.126 e. The molecular weight excluding hydrogens is 243 g/mol. The Hall–Kier alpha value is -1.68.